The molecule has 84 valence electrons. The maximum atomic E-state index is 13.4. The van der Waals surface area contributed by atoms with Crippen LogP contribution >= 0.6 is 11.8 Å². The molecule has 0 aromatic heterocycles. The summed E-state index contributed by atoms with van der Waals surface area (Å²) in [6, 6.07) is 2.55. The van der Waals surface area contributed by atoms with Crippen LogP contribution in [-0.2, 0) is 6.42 Å². The van der Waals surface area contributed by atoms with Crippen molar-refractivity contribution in [2.75, 3.05) is 12.8 Å². The van der Waals surface area contributed by atoms with Gasteiger partial charge < -0.3 is 5.73 Å². The van der Waals surface area contributed by atoms with Gasteiger partial charge in [-0.25, -0.2) is 8.78 Å². The average molecular weight is 231 g/mol. The Hall–Kier alpha value is -0.610. The SMILES string of the molecule is CSc1cc(F)c(CCCCN)cc1F. The van der Waals surface area contributed by atoms with E-state index in [1.807, 2.05) is 0 Å². The number of thioether (sulfide) groups is 1. The largest absolute Gasteiger partial charge is 0.330 e. The summed E-state index contributed by atoms with van der Waals surface area (Å²) < 4.78 is 26.8. The quantitative estimate of drug-likeness (QED) is 0.623. The summed E-state index contributed by atoms with van der Waals surface area (Å²) in [6.45, 7) is 0.590. The molecule has 0 unspecified atom stereocenters. The van der Waals surface area contributed by atoms with Crippen molar-refractivity contribution in [2.45, 2.75) is 24.2 Å². The summed E-state index contributed by atoms with van der Waals surface area (Å²) in [5.74, 6) is -0.663. The fourth-order valence-electron chi connectivity index (χ4n) is 1.38. The normalized spacial score (nSPS) is 10.7. The summed E-state index contributed by atoms with van der Waals surface area (Å²) in [5.41, 5.74) is 5.78. The first-order valence-corrected chi connectivity index (χ1v) is 6.13. The van der Waals surface area contributed by atoms with Gasteiger partial charge in [0, 0.05) is 4.90 Å². The third-order valence-corrected chi connectivity index (χ3v) is 2.97. The Morgan fingerprint density at radius 3 is 2.53 bits per heavy atom. The maximum Gasteiger partial charge on any atom is 0.137 e. The van der Waals surface area contributed by atoms with E-state index in [1.165, 1.54) is 23.9 Å². The summed E-state index contributed by atoms with van der Waals surface area (Å²) in [6.07, 6.45) is 3.91. The van der Waals surface area contributed by atoms with Gasteiger partial charge in [0.15, 0.2) is 0 Å². The molecule has 0 bridgehead atoms. The molecule has 2 N–H and O–H groups in total. The van der Waals surface area contributed by atoms with Crippen LogP contribution in [0.3, 0.4) is 0 Å². The predicted molar refractivity (Wildman–Crippen MR) is 60.1 cm³/mol. The van der Waals surface area contributed by atoms with Crippen LogP contribution in [0.15, 0.2) is 17.0 Å². The van der Waals surface area contributed by atoms with Crippen molar-refractivity contribution >= 4 is 11.8 Å². The number of hydrogen-bond acceptors (Lipinski definition) is 2. The molecular formula is C11H15F2NS. The number of hydrogen-bond donors (Lipinski definition) is 1. The molecule has 1 aromatic rings. The van der Waals surface area contributed by atoms with E-state index in [9.17, 15) is 8.78 Å². The molecule has 4 heteroatoms. The van der Waals surface area contributed by atoms with Crippen LogP contribution < -0.4 is 5.73 Å². The number of unbranched alkanes of at least 4 members (excludes halogenated alkanes) is 1. The van der Waals surface area contributed by atoms with Crippen LogP contribution in [-0.4, -0.2) is 12.8 Å². The van der Waals surface area contributed by atoms with E-state index in [4.69, 9.17) is 5.73 Å². The second-order valence-electron chi connectivity index (χ2n) is 3.32. The van der Waals surface area contributed by atoms with Gasteiger partial charge in [-0.15, -0.1) is 11.8 Å². The highest BCUT2D eigenvalue weighted by Gasteiger charge is 2.08. The van der Waals surface area contributed by atoms with Gasteiger partial charge in [-0.3, -0.25) is 0 Å². The van der Waals surface area contributed by atoms with E-state index in [0.717, 1.165) is 12.8 Å². The molecule has 1 nitrogen and oxygen atoms in total. The molecule has 0 aliphatic heterocycles. The standard InChI is InChI=1S/C11H15F2NS/c1-15-11-7-9(12)8(6-10(11)13)4-2-3-5-14/h6-7H,2-5,14H2,1H3. The van der Waals surface area contributed by atoms with Gasteiger partial charge in [-0.1, -0.05) is 0 Å². The van der Waals surface area contributed by atoms with E-state index in [0.29, 0.717) is 23.4 Å². The highest BCUT2D eigenvalue weighted by molar-refractivity contribution is 7.98. The zero-order valence-corrected chi connectivity index (χ0v) is 9.54. The lowest BCUT2D eigenvalue weighted by Gasteiger charge is -2.06. The van der Waals surface area contributed by atoms with E-state index in [-0.39, 0.29) is 11.6 Å². The number of halogens is 2. The first-order chi connectivity index (χ1) is 7.19. The number of nitrogens with two attached hydrogens (primary N) is 1. The smallest absolute Gasteiger partial charge is 0.137 e. The summed E-state index contributed by atoms with van der Waals surface area (Å²) in [7, 11) is 0. The number of rotatable bonds is 5. The maximum absolute atomic E-state index is 13.4. The Labute approximate surface area is 93.1 Å². The Bertz CT molecular complexity index is 329. The second kappa shape index (κ2) is 6.08. The first kappa shape index (κ1) is 12.5. The van der Waals surface area contributed by atoms with E-state index in [1.54, 1.807) is 6.26 Å². The topological polar surface area (TPSA) is 26.0 Å². The van der Waals surface area contributed by atoms with Crippen LogP contribution in [0.25, 0.3) is 0 Å². The first-order valence-electron chi connectivity index (χ1n) is 4.91. The van der Waals surface area contributed by atoms with Crippen LogP contribution in [0.2, 0.25) is 0 Å². The Morgan fingerprint density at radius 1 is 1.20 bits per heavy atom. The van der Waals surface area contributed by atoms with Gasteiger partial charge >= 0.3 is 0 Å². The zero-order valence-electron chi connectivity index (χ0n) is 8.72. The van der Waals surface area contributed by atoms with Crippen molar-refractivity contribution < 1.29 is 8.78 Å². The van der Waals surface area contributed by atoms with Gasteiger partial charge in [-0.05, 0) is 49.8 Å². The van der Waals surface area contributed by atoms with Crippen LogP contribution in [0.5, 0.6) is 0 Å². The minimum atomic E-state index is -0.341. The van der Waals surface area contributed by atoms with E-state index < -0.39 is 0 Å². The molecule has 0 heterocycles. The fourth-order valence-corrected chi connectivity index (χ4v) is 1.85. The van der Waals surface area contributed by atoms with E-state index >= 15 is 0 Å². The Morgan fingerprint density at radius 2 is 1.93 bits per heavy atom. The van der Waals surface area contributed by atoms with E-state index in [2.05, 4.69) is 0 Å². The summed E-state index contributed by atoms with van der Waals surface area (Å²) in [4.78, 5) is 0.357. The molecule has 0 fully saturated rings. The molecule has 0 saturated heterocycles. The Kier molecular flexibility index (Phi) is 5.05. The second-order valence-corrected chi connectivity index (χ2v) is 4.17. The minimum Gasteiger partial charge on any atom is -0.330 e. The molecule has 15 heavy (non-hydrogen) atoms. The molecule has 1 rings (SSSR count). The lowest BCUT2D eigenvalue weighted by atomic mass is 10.1. The fraction of sp³-hybridized carbons (Fsp3) is 0.455. The molecule has 0 atom stereocenters. The van der Waals surface area contributed by atoms with Crippen molar-refractivity contribution in [3.8, 4) is 0 Å². The average Bonchev–Trinajstić information content (AvgIpc) is 2.23. The highest BCUT2D eigenvalue weighted by atomic mass is 32.2. The molecule has 0 radical (unpaired) electrons. The molecule has 0 aliphatic rings. The van der Waals surface area contributed by atoms with Gasteiger partial charge in [0.05, 0.1) is 0 Å². The van der Waals surface area contributed by atoms with Crippen LogP contribution in [0, 0.1) is 11.6 Å². The van der Waals surface area contributed by atoms with Crippen molar-refractivity contribution in [1.82, 2.24) is 0 Å². The lowest BCUT2D eigenvalue weighted by Crippen LogP contribution is -2.00. The number of aryl methyl sites for hydroxylation is 1. The Balaban J connectivity index is 2.76. The number of benzene rings is 1. The molecule has 0 aliphatic carbocycles. The molecule has 0 spiro atoms. The van der Waals surface area contributed by atoms with Crippen LogP contribution in [0.4, 0.5) is 8.78 Å². The predicted octanol–water partition coefficient (Wildman–Crippen LogP) is 2.97. The third-order valence-electron chi connectivity index (χ3n) is 2.22. The van der Waals surface area contributed by atoms with Crippen molar-refractivity contribution in [3.05, 3.63) is 29.3 Å². The lowest BCUT2D eigenvalue weighted by molar-refractivity contribution is 0.560. The van der Waals surface area contributed by atoms with Crippen LogP contribution in [0.1, 0.15) is 18.4 Å². The summed E-state index contributed by atoms with van der Waals surface area (Å²) >= 11 is 1.21. The van der Waals surface area contributed by atoms with Gasteiger partial charge in [-0.2, -0.15) is 0 Å². The van der Waals surface area contributed by atoms with Crippen molar-refractivity contribution in [1.29, 1.82) is 0 Å². The molecular weight excluding hydrogens is 216 g/mol. The van der Waals surface area contributed by atoms with Crippen molar-refractivity contribution in [2.24, 2.45) is 5.73 Å². The molecule has 0 amide bonds. The minimum absolute atomic E-state index is 0.322. The third kappa shape index (κ3) is 3.47. The summed E-state index contributed by atoms with van der Waals surface area (Å²) in [5, 5.41) is 0. The van der Waals surface area contributed by atoms with Gasteiger partial charge in [0.25, 0.3) is 0 Å². The molecule has 0 saturated carbocycles. The molecule has 1 aromatic carbocycles. The van der Waals surface area contributed by atoms with Gasteiger partial charge in [0.1, 0.15) is 11.6 Å². The van der Waals surface area contributed by atoms with Crippen molar-refractivity contribution in [3.63, 3.8) is 0 Å². The highest BCUT2D eigenvalue weighted by Crippen LogP contribution is 2.23. The monoisotopic (exact) mass is 231 g/mol. The van der Waals surface area contributed by atoms with Gasteiger partial charge in [0.2, 0.25) is 0 Å². The zero-order chi connectivity index (χ0) is 11.3.